The molecule has 0 saturated carbocycles. The Balaban J connectivity index is 2.55. The quantitative estimate of drug-likeness (QED) is 0.819. The Bertz CT molecular complexity index is 573. The number of rotatable bonds is 2. The number of hydrogen-bond donors (Lipinski definition) is 0. The molecule has 0 saturated heterocycles. The van der Waals surface area contributed by atoms with Crippen molar-refractivity contribution in [1.29, 1.82) is 0 Å². The molecule has 0 atom stereocenters. The van der Waals surface area contributed by atoms with E-state index in [0.29, 0.717) is 5.69 Å². The summed E-state index contributed by atoms with van der Waals surface area (Å²) in [5, 5.41) is 0. The van der Waals surface area contributed by atoms with E-state index in [0.717, 1.165) is 10.7 Å². The fourth-order valence-electron chi connectivity index (χ4n) is 1.62. The lowest BCUT2D eigenvalue weighted by atomic mass is 10.3. The molecule has 0 bridgehead atoms. The molecule has 102 valence electrons. The van der Waals surface area contributed by atoms with Gasteiger partial charge in [0.1, 0.15) is 5.69 Å². The fraction of sp³-hybridized carbons (Fsp3) is 0.333. The maximum absolute atomic E-state index is 12.7. The Hall–Kier alpha value is -1.37. The van der Waals surface area contributed by atoms with Gasteiger partial charge in [-0.3, -0.25) is 4.98 Å². The number of pyridine rings is 1. The van der Waals surface area contributed by atoms with E-state index in [1.165, 1.54) is 10.8 Å². The van der Waals surface area contributed by atoms with Crippen LogP contribution in [-0.2, 0) is 6.18 Å². The van der Waals surface area contributed by atoms with Crippen LogP contribution in [0.5, 0.6) is 0 Å². The van der Waals surface area contributed by atoms with Gasteiger partial charge in [0, 0.05) is 22.9 Å². The first-order chi connectivity index (χ1) is 8.79. The summed E-state index contributed by atoms with van der Waals surface area (Å²) in [6, 6.07) is 3.21. The third kappa shape index (κ3) is 2.97. The summed E-state index contributed by atoms with van der Waals surface area (Å²) in [4.78, 5) is 7.75. The van der Waals surface area contributed by atoms with E-state index < -0.39 is 11.9 Å². The lowest BCUT2D eigenvalue weighted by Crippen LogP contribution is -2.05. The van der Waals surface area contributed by atoms with Gasteiger partial charge in [0.2, 0.25) is 0 Å². The summed E-state index contributed by atoms with van der Waals surface area (Å²) in [6.45, 7) is 3.59. The lowest BCUT2D eigenvalue weighted by Gasteiger charge is -2.10. The summed E-state index contributed by atoms with van der Waals surface area (Å²) in [7, 11) is 0. The second-order valence-electron chi connectivity index (χ2n) is 4.31. The summed E-state index contributed by atoms with van der Waals surface area (Å²) >= 11 is 3.23. The molecule has 2 aromatic rings. The van der Waals surface area contributed by atoms with Crippen molar-refractivity contribution in [3.63, 3.8) is 0 Å². The van der Waals surface area contributed by atoms with Crippen molar-refractivity contribution in [1.82, 2.24) is 14.5 Å². The van der Waals surface area contributed by atoms with Gasteiger partial charge in [-0.2, -0.15) is 13.2 Å². The average Bonchev–Trinajstić information content (AvgIpc) is 2.74. The molecule has 2 rings (SSSR count). The van der Waals surface area contributed by atoms with Gasteiger partial charge in [0.25, 0.3) is 0 Å². The highest BCUT2D eigenvalue weighted by Crippen LogP contribution is 2.32. The molecule has 0 aliphatic heterocycles. The molecule has 0 aliphatic rings. The van der Waals surface area contributed by atoms with Gasteiger partial charge in [-0.05, 0) is 41.9 Å². The molecule has 7 heteroatoms. The molecule has 0 aromatic carbocycles. The lowest BCUT2D eigenvalue weighted by molar-refractivity contribution is -0.140. The van der Waals surface area contributed by atoms with E-state index >= 15 is 0 Å². The molecule has 0 unspecified atom stereocenters. The van der Waals surface area contributed by atoms with Crippen LogP contribution < -0.4 is 0 Å². The maximum Gasteiger partial charge on any atom is 0.434 e. The minimum absolute atomic E-state index is 0.135. The SMILES string of the molecule is CC(C)n1cc(C(F)(F)F)nc1-c1ccc(Br)cn1. The third-order valence-electron chi connectivity index (χ3n) is 2.54. The van der Waals surface area contributed by atoms with Gasteiger partial charge < -0.3 is 4.57 Å². The first-order valence-corrected chi connectivity index (χ1v) is 6.36. The van der Waals surface area contributed by atoms with Crippen LogP contribution in [0.4, 0.5) is 13.2 Å². The van der Waals surface area contributed by atoms with E-state index in [4.69, 9.17) is 0 Å². The summed E-state index contributed by atoms with van der Waals surface area (Å²) < 4.78 is 40.4. The molecule has 0 amide bonds. The van der Waals surface area contributed by atoms with Crippen molar-refractivity contribution in [2.75, 3.05) is 0 Å². The smallest absolute Gasteiger partial charge is 0.327 e. The largest absolute Gasteiger partial charge is 0.434 e. The zero-order chi connectivity index (χ0) is 14.2. The molecule has 0 aliphatic carbocycles. The maximum atomic E-state index is 12.7. The average molecular weight is 334 g/mol. The van der Waals surface area contributed by atoms with Crippen molar-refractivity contribution in [3.8, 4) is 11.5 Å². The monoisotopic (exact) mass is 333 g/mol. The molecule has 0 radical (unpaired) electrons. The first-order valence-electron chi connectivity index (χ1n) is 5.57. The minimum Gasteiger partial charge on any atom is -0.327 e. The van der Waals surface area contributed by atoms with Gasteiger partial charge in [-0.1, -0.05) is 0 Å². The van der Waals surface area contributed by atoms with Gasteiger partial charge in [-0.25, -0.2) is 4.98 Å². The van der Waals surface area contributed by atoms with Crippen LogP contribution in [0.15, 0.2) is 29.0 Å². The van der Waals surface area contributed by atoms with Crippen molar-refractivity contribution >= 4 is 15.9 Å². The Labute approximate surface area is 116 Å². The van der Waals surface area contributed by atoms with Crippen LogP contribution >= 0.6 is 15.9 Å². The van der Waals surface area contributed by atoms with E-state index in [9.17, 15) is 13.2 Å². The summed E-state index contributed by atoms with van der Waals surface area (Å²) in [5.74, 6) is 0.217. The minimum atomic E-state index is -4.45. The molecule has 2 aromatic heterocycles. The topological polar surface area (TPSA) is 30.7 Å². The molecule has 0 fully saturated rings. The highest BCUT2D eigenvalue weighted by atomic mass is 79.9. The Morgan fingerprint density at radius 3 is 2.42 bits per heavy atom. The van der Waals surface area contributed by atoms with Crippen LogP contribution in [0.1, 0.15) is 25.6 Å². The van der Waals surface area contributed by atoms with Gasteiger partial charge in [-0.15, -0.1) is 0 Å². The third-order valence-corrected chi connectivity index (χ3v) is 3.00. The molecule has 3 nitrogen and oxygen atoms in total. The molecule has 0 N–H and O–H groups in total. The summed E-state index contributed by atoms with van der Waals surface area (Å²) in [5.41, 5.74) is -0.492. The van der Waals surface area contributed by atoms with Crippen LogP contribution in [0, 0.1) is 0 Å². The molecule has 2 heterocycles. The molecular formula is C12H11BrF3N3. The van der Waals surface area contributed by atoms with Crippen molar-refractivity contribution in [2.24, 2.45) is 0 Å². The van der Waals surface area contributed by atoms with Gasteiger partial charge in [0.05, 0.1) is 0 Å². The standard InChI is InChI=1S/C12H11BrF3N3/c1-7(2)19-6-10(12(14,15)16)18-11(19)9-4-3-8(13)5-17-9/h3-7H,1-2H3. The Morgan fingerprint density at radius 2 is 1.95 bits per heavy atom. The second-order valence-corrected chi connectivity index (χ2v) is 5.23. The number of nitrogens with zero attached hydrogens (tertiary/aromatic N) is 3. The number of halogens is 4. The van der Waals surface area contributed by atoms with Crippen molar-refractivity contribution in [2.45, 2.75) is 26.1 Å². The van der Waals surface area contributed by atoms with Crippen LogP contribution in [0.3, 0.4) is 0 Å². The first kappa shape index (κ1) is 14.0. The van der Waals surface area contributed by atoms with Gasteiger partial charge >= 0.3 is 6.18 Å². The Kier molecular flexibility index (Phi) is 3.66. The van der Waals surface area contributed by atoms with Crippen LogP contribution in [-0.4, -0.2) is 14.5 Å². The highest BCUT2D eigenvalue weighted by molar-refractivity contribution is 9.10. The zero-order valence-corrected chi connectivity index (χ0v) is 11.8. The van der Waals surface area contributed by atoms with Crippen LogP contribution in [0.25, 0.3) is 11.5 Å². The second kappa shape index (κ2) is 4.96. The number of hydrogen-bond acceptors (Lipinski definition) is 2. The van der Waals surface area contributed by atoms with E-state index in [2.05, 4.69) is 25.9 Å². The normalized spacial score (nSPS) is 12.2. The van der Waals surface area contributed by atoms with E-state index in [-0.39, 0.29) is 11.9 Å². The fourth-order valence-corrected chi connectivity index (χ4v) is 1.86. The number of imidazole rings is 1. The highest BCUT2D eigenvalue weighted by Gasteiger charge is 2.35. The zero-order valence-electron chi connectivity index (χ0n) is 10.2. The molecular weight excluding hydrogens is 323 g/mol. The van der Waals surface area contributed by atoms with E-state index in [1.807, 2.05) is 0 Å². The van der Waals surface area contributed by atoms with E-state index in [1.54, 1.807) is 26.0 Å². The molecule has 19 heavy (non-hydrogen) atoms. The predicted molar refractivity (Wildman–Crippen MR) is 68.5 cm³/mol. The summed E-state index contributed by atoms with van der Waals surface area (Å²) in [6.07, 6.45) is -1.91. The van der Waals surface area contributed by atoms with Gasteiger partial charge in [0.15, 0.2) is 11.5 Å². The van der Waals surface area contributed by atoms with Crippen molar-refractivity contribution < 1.29 is 13.2 Å². The predicted octanol–water partition coefficient (Wildman–Crippen LogP) is 4.31. The Morgan fingerprint density at radius 1 is 1.26 bits per heavy atom. The van der Waals surface area contributed by atoms with Crippen molar-refractivity contribution in [3.05, 3.63) is 34.7 Å². The number of aromatic nitrogens is 3. The number of alkyl halides is 3. The molecule has 0 spiro atoms. The van der Waals surface area contributed by atoms with Crippen LogP contribution in [0.2, 0.25) is 0 Å².